The summed E-state index contributed by atoms with van der Waals surface area (Å²) in [6.45, 7) is 6.16. The molecule has 1 saturated heterocycles. The third kappa shape index (κ3) is 5.33. The van der Waals surface area contributed by atoms with E-state index in [4.69, 9.17) is 11.6 Å². The van der Waals surface area contributed by atoms with Gasteiger partial charge in [0.05, 0.1) is 10.7 Å². The van der Waals surface area contributed by atoms with Crippen LogP contribution in [0.1, 0.15) is 30.0 Å². The molecule has 1 atom stereocenters. The topological polar surface area (TPSA) is 35.6 Å². The van der Waals surface area contributed by atoms with E-state index in [1.807, 2.05) is 30.3 Å². The zero-order chi connectivity index (χ0) is 22.5. The highest BCUT2D eigenvalue weighted by molar-refractivity contribution is 6.34. The van der Waals surface area contributed by atoms with Crippen LogP contribution >= 0.6 is 11.6 Å². The molecule has 1 aliphatic carbocycles. The summed E-state index contributed by atoms with van der Waals surface area (Å²) >= 11 is 6.57. The van der Waals surface area contributed by atoms with Crippen LogP contribution in [0.5, 0.6) is 0 Å². The largest absolute Gasteiger partial charge is 0.368 e. The van der Waals surface area contributed by atoms with E-state index < -0.39 is 6.17 Å². The van der Waals surface area contributed by atoms with Gasteiger partial charge in [-0.3, -0.25) is 9.69 Å². The number of benzene rings is 2. The van der Waals surface area contributed by atoms with Crippen molar-refractivity contribution in [3.63, 3.8) is 0 Å². The van der Waals surface area contributed by atoms with Gasteiger partial charge in [-0.2, -0.15) is 0 Å². The Bertz CT molecular complexity index is 985. The number of alkyl halides is 1. The van der Waals surface area contributed by atoms with E-state index in [2.05, 4.69) is 40.2 Å². The van der Waals surface area contributed by atoms with Crippen LogP contribution < -0.4 is 10.2 Å². The SMILES string of the molecule is CCc1cccc(N2CCN(C[C@H](F)CCNC(=O)C3=Cc4ccccc4C3)CC2)c1Cl. The van der Waals surface area contributed by atoms with E-state index in [0.717, 1.165) is 60.0 Å². The molecule has 2 aromatic carbocycles. The second-order valence-electron chi connectivity index (χ2n) is 8.58. The molecule has 1 heterocycles. The number of nitrogens with zero attached hydrogens (tertiary/aromatic N) is 2. The number of rotatable bonds is 8. The molecule has 0 unspecified atom stereocenters. The Morgan fingerprint density at radius 1 is 1.12 bits per heavy atom. The van der Waals surface area contributed by atoms with Gasteiger partial charge in [-0.05, 0) is 41.7 Å². The van der Waals surface area contributed by atoms with Gasteiger partial charge in [0, 0.05) is 51.3 Å². The summed E-state index contributed by atoms with van der Waals surface area (Å²) in [7, 11) is 0. The monoisotopic (exact) mass is 455 g/mol. The highest BCUT2D eigenvalue weighted by atomic mass is 35.5. The molecule has 1 fully saturated rings. The molecule has 1 aliphatic heterocycles. The minimum absolute atomic E-state index is 0.0896. The fraction of sp³-hybridized carbons (Fsp3) is 0.423. The lowest BCUT2D eigenvalue weighted by molar-refractivity contribution is -0.117. The number of aryl methyl sites for hydroxylation is 1. The van der Waals surface area contributed by atoms with E-state index in [9.17, 15) is 9.18 Å². The number of nitrogens with one attached hydrogen (secondary N) is 1. The van der Waals surface area contributed by atoms with Gasteiger partial charge >= 0.3 is 0 Å². The van der Waals surface area contributed by atoms with Crippen LogP contribution in [-0.4, -0.2) is 56.2 Å². The standard InChI is InChI=1S/C26H31ClFN3O/c1-2-19-8-5-9-24(25(19)27)31-14-12-30(13-15-31)18-23(28)10-11-29-26(32)22-16-20-6-3-4-7-21(20)17-22/h3-9,16,23H,2,10-15,17-18H2,1H3,(H,29,32)/t23-/m1/s1. The summed E-state index contributed by atoms with van der Waals surface area (Å²) in [5, 5.41) is 3.72. The molecule has 32 heavy (non-hydrogen) atoms. The zero-order valence-electron chi connectivity index (χ0n) is 18.6. The van der Waals surface area contributed by atoms with E-state index in [0.29, 0.717) is 25.9 Å². The maximum Gasteiger partial charge on any atom is 0.247 e. The number of carbonyl (C=O) groups excluding carboxylic acids is 1. The van der Waals surface area contributed by atoms with Crippen molar-refractivity contribution in [3.05, 3.63) is 69.8 Å². The first-order valence-corrected chi connectivity index (χ1v) is 11.9. The molecule has 0 saturated carbocycles. The van der Waals surface area contributed by atoms with Crippen molar-refractivity contribution in [1.29, 1.82) is 0 Å². The lowest BCUT2D eigenvalue weighted by Gasteiger charge is -2.37. The van der Waals surface area contributed by atoms with Crippen LogP contribution in [0.3, 0.4) is 0 Å². The predicted octanol–water partition coefficient (Wildman–Crippen LogP) is 4.51. The van der Waals surface area contributed by atoms with Gasteiger partial charge in [0.1, 0.15) is 6.17 Å². The number of fused-ring (bicyclic) bond motifs is 1. The van der Waals surface area contributed by atoms with Crippen molar-refractivity contribution >= 4 is 29.3 Å². The van der Waals surface area contributed by atoms with Gasteiger partial charge in [-0.25, -0.2) is 4.39 Å². The first kappa shape index (κ1) is 22.8. The lowest BCUT2D eigenvalue weighted by atomic mass is 10.1. The molecule has 2 aromatic rings. The summed E-state index contributed by atoms with van der Waals surface area (Å²) in [4.78, 5) is 16.9. The zero-order valence-corrected chi connectivity index (χ0v) is 19.4. The Morgan fingerprint density at radius 3 is 2.66 bits per heavy atom. The fourth-order valence-electron chi connectivity index (χ4n) is 4.51. The number of carbonyl (C=O) groups is 1. The number of anilines is 1. The van der Waals surface area contributed by atoms with E-state index in [-0.39, 0.29) is 5.91 Å². The number of hydrogen-bond donors (Lipinski definition) is 1. The van der Waals surface area contributed by atoms with Gasteiger partial charge < -0.3 is 10.2 Å². The minimum Gasteiger partial charge on any atom is -0.368 e. The van der Waals surface area contributed by atoms with E-state index in [1.165, 1.54) is 5.56 Å². The molecule has 0 aromatic heterocycles. The molecule has 6 heteroatoms. The van der Waals surface area contributed by atoms with Crippen LogP contribution in [0.4, 0.5) is 10.1 Å². The van der Waals surface area contributed by atoms with Crippen LogP contribution in [0.2, 0.25) is 5.02 Å². The number of amides is 1. The Balaban J connectivity index is 1.18. The van der Waals surface area contributed by atoms with E-state index >= 15 is 0 Å². The molecule has 2 aliphatic rings. The summed E-state index contributed by atoms with van der Waals surface area (Å²) in [5.41, 5.74) is 5.26. The number of halogens is 2. The van der Waals surface area contributed by atoms with Gasteiger partial charge in [0.2, 0.25) is 5.91 Å². The minimum atomic E-state index is -0.955. The molecule has 1 amide bonds. The van der Waals surface area contributed by atoms with Gasteiger partial charge in [-0.15, -0.1) is 0 Å². The third-order valence-corrected chi connectivity index (χ3v) is 6.85. The van der Waals surface area contributed by atoms with Crippen molar-refractivity contribution in [3.8, 4) is 0 Å². The Labute approximate surface area is 195 Å². The fourth-order valence-corrected chi connectivity index (χ4v) is 4.89. The summed E-state index contributed by atoms with van der Waals surface area (Å²) in [6.07, 6.45) is 2.87. The Morgan fingerprint density at radius 2 is 1.91 bits per heavy atom. The average Bonchev–Trinajstić information content (AvgIpc) is 3.24. The van der Waals surface area contributed by atoms with Gasteiger partial charge in [0.15, 0.2) is 0 Å². The second kappa shape index (κ2) is 10.5. The van der Waals surface area contributed by atoms with Crippen molar-refractivity contribution in [1.82, 2.24) is 10.2 Å². The molecule has 0 radical (unpaired) electrons. The maximum atomic E-state index is 14.6. The summed E-state index contributed by atoms with van der Waals surface area (Å²) in [5.74, 6) is -0.0896. The van der Waals surface area contributed by atoms with Gasteiger partial charge in [-0.1, -0.05) is 54.9 Å². The Hall–Kier alpha value is -2.37. The van der Waals surface area contributed by atoms with Crippen molar-refractivity contribution in [2.24, 2.45) is 0 Å². The molecule has 170 valence electrons. The van der Waals surface area contributed by atoms with Crippen LogP contribution in [0, 0.1) is 0 Å². The van der Waals surface area contributed by atoms with Crippen LogP contribution in [0.25, 0.3) is 6.08 Å². The van der Waals surface area contributed by atoms with Crippen LogP contribution in [-0.2, 0) is 17.6 Å². The summed E-state index contributed by atoms with van der Waals surface area (Å²) in [6, 6.07) is 14.2. The normalized spacial score (nSPS) is 17.1. The highest BCUT2D eigenvalue weighted by Gasteiger charge is 2.22. The van der Waals surface area contributed by atoms with E-state index in [1.54, 1.807) is 0 Å². The van der Waals surface area contributed by atoms with Crippen molar-refractivity contribution in [2.45, 2.75) is 32.4 Å². The number of piperazine rings is 1. The molecule has 1 N–H and O–H groups in total. The lowest BCUT2D eigenvalue weighted by Crippen LogP contribution is -2.48. The number of hydrogen-bond acceptors (Lipinski definition) is 3. The molecule has 0 spiro atoms. The molecular weight excluding hydrogens is 425 g/mol. The second-order valence-corrected chi connectivity index (χ2v) is 8.96. The molecular formula is C26H31ClFN3O. The molecule has 4 rings (SSSR count). The maximum absolute atomic E-state index is 14.6. The molecule has 4 nitrogen and oxygen atoms in total. The van der Waals surface area contributed by atoms with Crippen molar-refractivity contribution < 1.29 is 9.18 Å². The highest BCUT2D eigenvalue weighted by Crippen LogP contribution is 2.30. The van der Waals surface area contributed by atoms with Crippen molar-refractivity contribution in [2.75, 3.05) is 44.2 Å². The smallest absolute Gasteiger partial charge is 0.247 e. The van der Waals surface area contributed by atoms with Gasteiger partial charge in [0.25, 0.3) is 0 Å². The predicted molar refractivity (Wildman–Crippen MR) is 130 cm³/mol. The first-order valence-electron chi connectivity index (χ1n) is 11.5. The Kier molecular flexibility index (Phi) is 7.48. The summed E-state index contributed by atoms with van der Waals surface area (Å²) < 4.78 is 14.6. The molecule has 0 bridgehead atoms. The third-order valence-electron chi connectivity index (χ3n) is 6.41. The first-order chi connectivity index (χ1) is 15.5. The average molecular weight is 456 g/mol. The quantitative estimate of drug-likeness (QED) is 0.636. The van der Waals surface area contributed by atoms with Crippen LogP contribution in [0.15, 0.2) is 48.0 Å².